The van der Waals surface area contributed by atoms with Crippen LogP contribution in [0, 0.1) is 6.92 Å². The van der Waals surface area contributed by atoms with E-state index in [-0.39, 0.29) is 11.6 Å². The largest absolute Gasteiger partial charge is 0.423 e. The molecule has 0 atom stereocenters. The molecule has 0 bridgehead atoms. The smallest absolute Gasteiger partial charge is 0.336 e. The average Bonchev–Trinajstić information content (AvgIpc) is 2.97. The number of carbonyl (C=O) groups is 1. The number of carbonyl (C=O) groups excluding carboxylic acids is 1. The zero-order valence-corrected chi connectivity index (χ0v) is 14.6. The molecule has 0 aliphatic heterocycles. The molecule has 7 nitrogen and oxygen atoms in total. The molecule has 0 aliphatic rings. The Morgan fingerprint density at radius 3 is 2.96 bits per heavy atom. The molecule has 0 saturated carbocycles. The Bertz CT molecular complexity index is 1200. The number of nitrogens with zero attached hydrogens (tertiary/aromatic N) is 3. The van der Waals surface area contributed by atoms with Gasteiger partial charge in [0.2, 0.25) is 0 Å². The third-order valence-electron chi connectivity index (χ3n) is 3.72. The molecule has 0 spiro atoms. The molecule has 0 unspecified atom stereocenters. The Balaban J connectivity index is 1.67. The molecule has 3 heterocycles. The Morgan fingerprint density at radius 1 is 1.28 bits per heavy atom. The van der Waals surface area contributed by atoms with Gasteiger partial charge in [0.15, 0.2) is 11.3 Å². The van der Waals surface area contributed by atoms with E-state index in [2.05, 4.69) is 31.3 Å². The molecule has 1 aromatic carbocycles. The number of rotatable bonds is 2. The predicted octanol–water partition coefficient (Wildman–Crippen LogP) is 3.16. The molecule has 4 rings (SSSR count). The lowest BCUT2D eigenvalue weighted by atomic mass is 10.1. The summed E-state index contributed by atoms with van der Waals surface area (Å²) in [6, 6.07) is 8.19. The standard InChI is InChI=1S/C17H11BrN4O3/c1-9-4-16(23)25-14-5-11(2-3-12(9)14)20-17(24)13-6-15-19-7-10(18)8-22(15)21-13/h2-8H,1H3,(H,20,24). The molecular formula is C17H11BrN4O3. The first-order valence-electron chi connectivity index (χ1n) is 7.36. The van der Waals surface area contributed by atoms with Crippen LogP contribution in [0.2, 0.25) is 0 Å². The van der Waals surface area contributed by atoms with Gasteiger partial charge < -0.3 is 9.73 Å². The topological polar surface area (TPSA) is 89.5 Å². The second-order valence-electron chi connectivity index (χ2n) is 5.52. The van der Waals surface area contributed by atoms with Crippen LogP contribution in [0.5, 0.6) is 0 Å². The number of benzene rings is 1. The summed E-state index contributed by atoms with van der Waals surface area (Å²) >= 11 is 3.31. The third kappa shape index (κ3) is 2.91. The summed E-state index contributed by atoms with van der Waals surface area (Å²) in [6.07, 6.45) is 3.35. The van der Waals surface area contributed by atoms with Gasteiger partial charge in [-0.25, -0.2) is 14.3 Å². The number of aromatic nitrogens is 3. The summed E-state index contributed by atoms with van der Waals surface area (Å²) in [4.78, 5) is 28.1. The third-order valence-corrected chi connectivity index (χ3v) is 4.13. The molecule has 124 valence electrons. The molecule has 0 saturated heterocycles. The second kappa shape index (κ2) is 5.82. The molecule has 25 heavy (non-hydrogen) atoms. The van der Waals surface area contributed by atoms with E-state index >= 15 is 0 Å². The Labute approximate surface area is 149 Å². The summed E-state index contributed by atoms with van der Waals surface area (Å²) in [5.41, 5.74) is 2.12. The van der Waals surface area contributed by atoms with Gasteiger partial charge in [0.25, 0.3) is 5.91 Å². The van der Waals surface area contributed by atoms with Crippen LogP contribution in [-0.2, 0) is 0 Å². The molecule has 1 N–H and O–H groups in total. The van der Waals surface area contributed by atoms with E-state index < -0.39 is 5.63 Å². The summed E-state index contributed by atoms with van der Waals surface area (Å²) in [5, 5.41) is 7.77. The van der Waals surface area contributed by atoms with Crippen molar-refractivity contribution in [1.82, 2.24) is 14.6 Å². The van der Waals surface area contributed by atoms with Crippen molar-refractivity contribution in [2.24, 2.45) is 0 Å². The van der Waals surface area contributed by atoms with Crippen molar-refractivity contribution >= 4 is 44.1 Å². The molecular weight excluding hydrogens is 388 g/mol. The van der Waals surface area contributed by atoms with Crippen LogP contribution in [-0.4, -0.2) is 20.5 Å². The lowest BCUT2D eigenvalue weighted by Crippen LogP contribution is -2.12. The van der Waals surface area contributed by atoms with E-state index in [9.17, 15) is 9.59 Å². The van der Waals surface area contributed by atoms with Crippen LogP contribution >= 0.6 is 15.9 Å². The predicted molar refractivity (Wildman–Crippen MR) is 95.9 cm³/mol. The Kier molecular flexibility index (Phi) is 3.61. The van der Waals surface area contributed by atoms with Crippen molar-refractivity contribution in [2.45, 2.75) is 6.92 Å². The van der Waals surface area contributed by atoms with Gasteiger partial charge in [0.1, 0.15) is 5.58 Å². The van der Waals surface area contributed by atoms with Crippen LogP contribution < -0.4 is 10.9 Å². The highest BCUT2D eigenvalue weighted by atomic mass is 79.9. The van der Waals surface area contributed by atoms with Gasteiger partial charge in [0.05, 0.1) is 4.47 Å². The van der Waals surface area contributed by atoms with Gasteiger partial charge in [-0.1, -0.05) is 0 Å². The van der Waals surface area contributed by atoms with Crippen molar-refractivity contribution in [3.8, 4) is 0 Å². The van der Waals surface area contributed by atoms with Crippen molar-refractivity contribution in [2.75, 3.05) is 5.32 Å². The van der Waals surface area contributed by atoms with Crippen LogP contribution in [0.15, 0.2) is 56.4 Å². The van der Waals surface area contributed by atoms with Crippen molar-refractivity contribution in [1.29, 1.82) is 0 Å². The summed E-state index contributed by atoms with van der Waals surface area (Å²) < 4.78 is 7.46. The monoisotopic (exact) mass is 398 g/mol. The van der Waals surface area contributed by atoms with Gasteiger partial charge in [-0.3, -0.25) is 4.79 Å². The fraction of sp³-hybridized carbons (Fsp3) is 0.0588. The minimum absolute atomic E-state index is 0.233. The number of aryl methyl sites for hydroxylation is 1. The molecule has 1 amide bonds. The van der Waals surface area contributed by atoms with Crippen molar-refractivity contribution in [3.63, 3.8) is 0 Å². The Morgan fingerprint density at radius 2 is 2.12 bits per heavy atom. The SMILES string of the molecule is Cc1cc(=O)oc2cc(NC(=O)c3cc4ncc(Br)cn4n3)ccc12. The molecule has 8 heteroatoms. The summed E-state index contributed by atoms with van der Waals surface area (Å²) in [5.74, 6) is -0.379. The highest BCUT2D eigenvalue weighted by Gasteiger charge is 2.13. The lowest BCUT2D eigenvalue weighted by molar-refractivity contribution is 0.102. The van der Waals surface area contributed by atoms with Crippen molar-refractivity contribution < 1.29 is 9.21 Å². The van der Waals surface area contributed by atoms with Crippen LogP contribution in [0.1, 0.15) is 16.1 Å². The normalized spacial score (nSPS) is 11.1. The quantitative estimate of drug-likeness (QED) is 0.523. The maximum Gasteiger partial charge on any atom is 0.336 e. The minimum Gasteiger partial charge on any atom is -0.423 e. The van der Waals surface area contributed by atoms with Gasteiger partial charge in [-0.2, -0.15) is 5.10 Å². The van der Waals surface area contributed by atoms with E-state index in [1.807, 2.05) is 6.92 Å². The van der Waals surface area contributed by atoms with E-state index in [4.69, 9.17) is 4.42 Å². The van der Waals surface area contributed by atoms with Crippen LogP contribution in [0.3, 0.4) is 0 Å². The van der Waals surface area contributed by atoms with Gasteiger partial charge in [0, 0.05) is 41.7 Å². The molecule has 4 aromatic rings. The maximum absolute atomic E-state index is 12.4. The van der Waals surface area contributed by atoms with E-state index in [0.29, 0.717) is 16.9 Å². The Hall–Kier alpha value is -3.00. The van der Waals surface area contributed by atoms with Gasteiger partial charge in [-0.05, 0) is 40.5 Å². The molecule has 0 aliphatic carbocycles. The summed E-state index contributed by atoms with van der Waals surface area (Å²) in [6.45, 7) is 1.83. The number of nitrogens with one attached hydrogen (secondary N) is 1. The molecule has 0 fully saturated rings. The zero-order valence-electron chi connectivity index (χ0n) is 13.0. The highest BCUT2D eigenvalue weighted by molar-refractivity contribution is 9.10. The number of fused-ring (bicyclic) bond motifs is 2. The highest BCUT2D eigenvalue weighted by Crippen LogP contribution is 2.21. The maximum atomic E-state index is 12.4. The van der Waals surface area contributed by atoms with Crippen LogP contribution in [0.25, 0.3) is 16.6 Å². The van der Waals surface area contributed by atoms with E-state index in [1.54, 1.807) is 36.7 Å². The fourth-order valence-corrected chi connectivity index (χ4v) is 2.86. The fourth-order valence-electron chi connectivity index (χ4n) is 2.56. The van der Waals surface area contributed by atoms with Crippen molar-refractivity contribution in [3.05, 3.63) is 68.9 Å². The van der Waals surface area contributed by atoms with Gasteiger partial charge >= 0.3 is 5.63 Å². The first-order valence-corrected chi connectivity index (χ1v) is 8.16. The van der Waals surface area contributed by atoms with Gasteiger partial charge in [-0.15, -0.1) is 0 Å². The number of halogens is 1. The lowest BCUT2D eigenvalue weighted by Gasteiger charge is -2.05. The van der Waals surface area contributed by atoms with Crippen LogP contribution in [0.4, 0.5) is 5.69 Å². The number of hydrogen-bond donors (Lipinski definition) is 1. The van der Waals surface area contributed by atoms with E-state index in [1.165, 1.54) is 10.6 Å². The zero-order chi connectivity index (χ0) is 17.6. The minimum atomic E-state index is -0.425. The number of anilines is 1. The molecule has 0 radical (unpaired) electrons. The average molecular weight is 399 g/mol. The number of hydrogen-bond acceptors (Lipinski definition) is 5. The van der Waals surface area contributed by atoms with E-state index in [0.717, 1.165) is 15.4 Å². The summed E-state index contributed by atoms with van der Waals surface area (Å²) in [7, 11) is 0. The number of amides is 1. The first kappa shape index (κ1) is 15.5. The second-order valence-corrected chi connectivity index (χ2v) is 6.43. The molecule has 3 aromatic heterocycles. The first-order chi connectivity index (χ1) is 12.0.